The summed E-state index contributed by atoms with van der Waals surface area (Å²) in [5.41, 5.74) is 1.11. The van der Waals surface area contributed by atoms with E-state index in [1.165, 1.54) is 12.8 Å². The van der Waals surface area contributed by atoms with Gasteiger partial charge in [0, 0.05) is 18.3 Å². The molecule has 0 atom stereocenters. The van der Waals surface area contributed by atoms with E-state index in [1.807, 2.05) is 18.5 Å². The SMILES string of the molecule is CNc1nc(-c2cc(Cl)cs2)nc(C2CC2)c1Br. The third kappa shape index (κ3) is 2.27. The predicted octanol–water partition coefficient (Wildman–Crippen LogP) is 4.54. The van der Waals surface area contributed by atoms with E-state index in [2.05, 4.69) is 31.2 Å². The highest BCUT2D eigenvalue weighted by Crippen LogP contribution is 2.44. The molecule has 2 aromatic rings. The van der Waals surface area contributed by atoms with Gasteiger partial charge in [0.1, 0.15) is 5.82 Å². The van der Waals surface area contributed by atoms with Crippen LogP contribution in [0.1, 0.15) is 24.5 Å². The van der Waals surface area contributed by atoms with Crippen LogP contribution in [0.5, 0.6) is 0 Å². The van der Waals surface area contributed by atoms with Crippen LogP contribution in [0, 0.1) is 0 Å². The Morgan fingerprint density at radius 3 is 2.78 bits per heavy atom. The summed E-state index contributed by atoms with van der Waals surface area (Å²) < 4.78 is 0.985. The van der Waals surface area contributed by atoms with Gasteiger partial charge in [-0.05, 0) is 34.8 Å². The van der Waals surface area contributed by atoms with E-state index in [-0.39, 0.29) is 0 Å². The van der Waals surface area contributed by atoms with Gasteiger partial charge >= 0.3 is 0 Å². The van der Waals surface area contributed by atoms with E-state index >= 15 is 0 Å². The smallest absolute Gasteiger partial charge is 0.172 e. The molecule has 2 heterocycles. The zero-order valence-electron chi connectivity index (χ0n) is 9.70. The van der Waals surface area contributed by atoms with Gasteiger partial charge in [-0.1, -0.05) is 11.6 Å². The van der Waals surface area contributed by atoms with Crippen LogP contribution in [-0.2, 0) is 0 Å². The number of thiophene rings is 1. The lowest BCUT2D eigenvalue weighted by Crippen LogP contribution is -2.02. The van der Waals surface area contributed by atoms with Crippen molar-refractivity contribution in [2.45, 2.75) is 18.8 Å². The van der Waals surface area contributed by atoms with E-state index in [4.69, 9.17) is 11.6 Å². The molecule has 3 nitrogen and oxygen atoms in total. The van der Waals surface area contributed by atoms with Crippen molar-refractivity contribution < 1.29 is 0 Å². The van der Waals surface area contributed by atoms with Crippen LogP contribution >= 0.6 is 38.9 Å². The maximum atomic E-state index is 5.96. The molecule has 18 heavy (non-hydrogen) atoms. The lowest BCUT2D eigenvalue weighted by atomic mass is 10.2. The molecule has 1 saturated carbocycles. The topological polar surface area (TPSA) is 37.8 Å². The standard InChI is InChI=1S/C12H11BrClN3S/c1-15-12-9(13)10(6-2-3-6)16-11(17-12)8-4-7(14)5-18-8/h4-6H,2-3H2,1H3,(H,15,16,17). The monoisotopic (exact) mass is 343 g/mol. The number of hydrogen-bond donors (Lipinski definition) is 1. The second-order valence-electron chi connectivity index (χ2n) is 4.25. The van der Waals surface area contributed by atoms with Gasteiger partial charge in [-0.25, -0.2) is 9.97 Å². The van der Waals surface area contributed by atoms with Gasteiger partial charge in [-0.15, -0.1) is 11.3 Å². The second kappa shape index (κ2) is 4.79. The maximum absolute atomic E-state index is 5.96. The molecule has 0 amide bonds. The fourth-order valence-electron chi connectivity index (χ4n) is 1.80. The van der Waals surface area contributed by atoms with Crippen LogP contribution in [0.15, 0.2) is 15.9 Å². The Kier molecular flexibility index (Phi) is 3.30. The highest BCUT2D eigenvalue weighted by Gasteiger charge is 2.29. The van der Waals surface area contributed by atoms with Gasteiger partial charge in [0.05, 0.1) is 20.1 Å². The molecule has 0 aliphatic heterocycles. The van der Waals surface area contributed by atoms with E-state index in [9.17, 15) is 0 Å². The third-order valence-corrected chi connectivity index (χ3v) is 4.92. The highest BCUT2D eigenvalue weighted by atomic mass is 79.9. The minimum Gasteiger partial charge on any atom is -0.372 e. The fourth-order valence-corrected chi connectivity index (χ4v) is 3.50. The van der Waals surface area contributed by atoms with E-state index in [0.29, 0.717) is 5.92 Å². The summed E-state index contributed by atoms with van der Waals surface area (Å²) >= 11 is 11.1. The van der Waals surface area contributed by atoms with Crippen molar-refractivity contribution in [3.63, 3.8) is 0 Å². The lowest BCUT2D eigenvalue weighted by molar-refractivity contribution is 0.982. The predicted molar refractivity (Wildman–Crippen MR) is 79.6 cm³/mol. The Morgan fingerprint density at radius 1 is 1.44 bits per heavy atom. The Labute approximate surface area is 123 Å². The van der Waals surface area contributed by atoms with Gasteiger partial charge < -0.3 is 5.32 Å². The number of hydrogen-bond acceptors (Lipinski definition) is 4. The highest BCUT2D eigenvalue weighted by molar-refractivity contribution is 9.10. The number of halogens is 2. The minimum absolute atomic E-state index is 0.573. The molecule has 94 valence electrons. The lowest BCUT2D eigenvalue weighted by Gasteiger charge is -2.09. The van der Waals surface area contributed by atoms with Gasteiger partial charge in [0.15, 0.2) is 5.82 Å². The van der Waals surface area contributed by atoms with Crippen molar-refractivity contribution in [2.75, 3.05) is 12.4 Å². The first kappa shape index (κ1) is 12.4. The van der Waals surface area contributed by atoms with Gasteiger partial charge in [-0.2, -0.15) is 0 Å². The number of anilines is 1. The molecule has 1 aliphatic carbocycles. The van der Waals surface area contributed by atoms with E-state index in [0.717, 1.165) is 31.7 Å². The Hall–Kier alpha value is -0.650. The van der Waals surface area contributed by atoms with Crippen molar-refractivity contribution in [1.29, 1.82) is 0 Å². The summed E-state index contributed by atoms with van der Waals surface area (Å²) in [6, 6.07) is 1.91. The first-order chi connectivity index (χ1) is 8.69. The summed E-state index contributed by atoms with van der Waals surface area (Å²) in [5, 5.41) is 5.75. The first-order valence-corrected chi connectivity index (χ1v) is 7.73. The number of rotatable bonds is 3. The number of nitrogens with one attached hydrogen (secondary N) is 1. The molecule has 6 heteroatoms. The van der Waals surface area contributed by atoms with Gasteiger partial charge in [-0.3, -0.25) is 0 Å². The summed E-state index contributed by atoms with van der Waals surface area (Å²) in [5.74, 6) is 2.16. The van der Waals surface area contributed by atoms with Gasteiger partial charge in [0.25, 0.3) is 0 Å². The fraction of sp³-hybridized carbons (Fsp3) is 0.333. The van der Waals surface area contributed by atoms with Crippen molar-refractivity contribution >= 4 is 44.7 Å². The van der Waals surface area contributed by atoms with Crippen molar-refractivity contribution in [2.24, 2.45) is 0 Å². The quantitative estimate of drug-likeness (QED) is 0.888. The molecule has 1 fully saturated rings. The Bertz CT molecular complexity index is 595. The molecule has 2 aromatic heterocycles. The molecular formula is C12H11BrClN3S. The molecule has 0 saturated heterocycles. The molecule has 0 bridgehead atoms. The maximum Gasteiger partial charge on any atom is 0.172 e. The summed E-state index contributed by atoms with van der Waals surface area (Å²) in [6.45, 7) is 0. The largest absolute Gasteiger partial charge is 0.372 e. The van der Waals surface area contributed by atoms with Crippen LogP contribution in [0.2, 0.25) is 5.02 Å². The van der Waals surface area contributed by atoms with Crippen molar-refractivity contribution in [3.8, 4) is 10.7 Å². The molecule has 0 spiro atoms. The van der Waals surface area contributed by atoms with Crippen LogP contribution < -0.4 is 5.32 Å². The molecule has 0 radical (unpaired) electrons. The molecule has 0 unspecified atom stereocenters. The van der Waals surface area contributed by atoms with Crippen LogP contribution in [0.3, 0.4) is 0 Å². The Morgan fingerprint density at radius 2 is 2.22 bits per heavy atom. The third-order valence-electron chi connectivity index (χ3n) is 2.87. The van der Waals surface area contributed by atoms with Crippen molar-refractivity contribution in [1.82, 2.24) is 9.97 Å². The summed E-state index contributed by atoms with van der Waals surface area (Å²) in [6.07, 6.45) is 2.42. The minimum atomic E-state index is 0.573. The molecule has 0 aromatic carbocycles. The normalized spacial score (nSPS) is 14.8. The number of aromatic nitrogens is 2. The second-order valence-corrected chi connectivity index (χ2v) is 6.39. The molecular weight excluding hydrogens is 334 g/mol. The molecule has 1 N–H and O–H groups in total. The summed E-state index contributed by atoms with van der Waals surface area (Å²) in [4.78, 5) is 10.2. The Balaban J connectivity index is 2.12. The van der Waals surface area contributed by atoms with Crippen LogP contribution in [0.4, 0.5) is 5.82 Å². The molecule has 1 aliphatic rings. The van der Waals surface area contributed by atoms with Crippen molar-refractivity contribution in [3.05, 3.63) is 26.6 Å². The number of nitrogens with zero attached hydrogens (tertiary/aromatic N) is 2. The van der Waals surface area contributed by atoms with Gasteiger partial charge in [0.2, 0.25) is 0 Å². The first-order valence-electron chi connectivity index (χ1n) is 5.68. The van der Waals surface area contributed by atoms with Crippen LogP contribution in [0.25, 0.3) is 10.7 Å². The average Bonchev–Trinajstić information content (AvgIpc) is 3.12. The van der Waals surface area contributed by atoms with E-state index < -0.39 is 0 Å². The molecule has 3 rings (SSSR count). The van der Waals surface area contributed by atoms with Crippen LogP contribution in [-0.4, -0.2) is 17.0 Å². The zero-order chi connectivity index (χ0) is 12.7. The zero-order valence-corrected chi connectivity index (χ0v) is 12.9. The summed E-state index contributed by atoms with van der Waals surface area (Å²) in [7, 11) is 1.87. The van der Waals surface area contributed by atoms with E-state index in [1.54, 1.807) is 11.3 Å². The average molecular weight is 345 g/mol.